The van der Waals surface area contributed by atoms with Gasteiger partial charge in [0.1, 0.15) is 0 Å². The van der Waals surface area contributed by atoms with Gasteiger partial charge in [-0.15, -0.1) is 12.4 Å². The van der Waals surface area contributed by atoms with E-state index in [9.17, 15) is 4.79 Å². The van der Waals surface area contributed by atoms with Crippen LogP contribution in [0.1, 0.15) is 29.0 Å². The molecule has 3 heterocycles. The number of amides is 1. The highest BCUT2D eigenvalue weighted by Crippen LogP contribution is 2.43. The Balaban J connectivity index is 0.00000192. The number of nitrogens with one attached hydrogen (secondary N) is 1. The smallest absolute Gasteiger partial charge is 0.274 e. The third-order valence-corrected chi connectivity index (χ3v) is 5.40. The molecule has 130 valence electrons. The van der Waals surface area contributed by atoms with Crippen molar-refractivity contribution < 1.29 is 9.53 Å². The van der Waals surface area contributed by atoms with Crippen molar-refractivity contribution in [3.63, 3.8) is 0 Å². The van der Waals surface area contributed by atoms with E-state index in [0.29, 0.717) is 11.6 Å². The third kappa shape index (κ3) is 3.39. The van der Waals surface area contributed by atoms with Gasteiger partial charge in [0.15, 0.2) is 5.69 Å². The van der Waals surface area contributed by atoms with E-state index in [1.54, 1.807) is 11.8 Å². The number of halogens is 1. The van der Waals surface area contributed by atoms with E-state index in [1.165, 1.54) is 0 Å². The quantitative estimate of drug-likeness (QED) is 0.898. The molecule has 1 atom stereocenters. The van der Waals surface area contributed by atoms with Crippen molar-refractivity contribution in [2.45, 2.75) is 19.8 Å². The fourth-order valence-corrected chi connectivity index (χ4v) is 3.94. The van der Waals surface area contributed by atoms with Crippen molar-refractivity contribution >= 4 is 18.3 Å². The molecule has 0 bridgehead atoms. The molecule has 0 radical (unpaired) electrons. The summed E-state index contributed by atoms with van der Waals surface area (Å²) >= 11 is 0. The van der Waals surface area contributed by atoms with Gasteiger partial charge in [-0.3, -0.25) is 9.48 Å². The first-order valence-corrected chi connectivity index (χ1v) is 8.05. The summed E-state index contributed by atoms with van der Waals surface area (Å²) in [6, 6.07) is 1.88. The number of piperidine rings is 1. The van der Waals surface area contributed by atoms with Crippen LogP contribution < -0.4 is 5.32 Å². The van der Waals surface area contributed by atoms with Gasteiger partial charge in [0, 0.05) is 38.9 Å². The Morgan fingerprint density at radius 3 is 2.74 bits per heavy atom. The normalized spacial score (nSPS) is 23.1. The largest absolute Gasteiger partial charge is 0.384 e. The standard InChI is InChI=1S/C16H26N4O2.ClH/c1-12-8-14(18-19(12)2)15(21)20-9-13(10-22-3)16(11-20)4-6-17-7-5-16;/h8,13,17H,4-7,9-11H2,1-3H3;1H. The Hall–Kier alpha value is -1.11. The number of hydrogen-bond acceptors (Lipinski definition) is 4. The summed E-state index contributed by atoms with van der Waals surface area (Å²) in [5.41, 5.74) is 1.77. The second-order valence-corrected chi connectivity index (χ2v) is 6.74. The van der Waals surface area contributed by atoms with Gasteiger partial charge in [-0.2, -0.15) is 5.10 Å². The SMILES string of the molecule is COCC1CN(C(=O)c2cc(C)n(C)n2)CC12CCNCC2.Cl. The number of carbonyl (C=O) groups excluding carboxylic acids is 1. The maximum atomic E-state index is 12.8. The third-order valence-electron chi connectivity index (χ3n) is 5.40. The van der Waals surface area contributed by atoms with E-state index < -0.39 is 0 Å². The minimum absolute atomic E-state index is 0. The fraction of sp³-hybridized carbons (Fsp3) is 0.750. The van der Waals surface area contributed by atoms with E-state index >= 15 is 0 Å². The fourth-order valence-electron chi connectivity index (χ4n) is 3.94. The summed E-state index contributed by atoms with van der Waals surface area (Å²) in [5.74, 6) is 0.480. The van der Waals surface area contributed by atoms with Gasteiger partial charge in [0.05, 0.1) is 6.61 Å². The van der Waals surface area contributed by atoms with Crippen LogP contribution in [0.2, 0.25) is 0 Å². The Morgan fingerprint density at radius 1 is 1.48 bits per heavy atom. The van der Waals surface area contributed by atoms with Gasteiger partial charge in [-0.25, -0.2) is 0 Å². The van der Waals surface area contributed by atoms with Crippen LogP contribution in [0.15, 0.2) is 6.07 Å². The highest BCUT2D eigenvalue weighted by molar-refractivity contribution is 5.92. The van der Waals surface area contributed by atoms with Crippen molar-refractivity contribution in [2.24, 2.45) is 18.4 Å². The van der Waals surface area contributed by atoms with Crippen LogP contribution in [0.25, 0.3) is 0 Å². The molecular formula is C16H27ClN4O2. The van der Waals surface area contributed by atoms with Crippen LogP contribution in [-0.2, 0) is 11.8 Å². The predicted molar refractivity (Wildman–Crippen MR) is 91.0 cm³/mol. The molecule has 1 amide bonds. The van der Waals surface area contributed by atoms with Crippen LogP contribution in [0, 0.1) is 18.3 Å². The Labute approximate surface area is 144 Å². The highest BCUT2D eigenvalue weighted by Gasteiger charge is 2.48. The van der Waals surface area contributed by atoms with Gasteiger partial charge in [0.25, 0.3) is 5.91 Å². The van der Waals surface area contributed by atoms with Crippen LogP contribution in [0.4, 0.5) is 0 Å². The van der Waals surface area contributed by atoms with E-state index in [4.69, 9.17) is 4.74 Å². The zero-order valence-corrected chi connectivity index (χ0v) is 15.0. The maximum Gasteiger partial charge on any atom is 0.274 e. The average molecular weight is 343 g/mol. The van der Waals surface area contributed by atoms with Gasteiger partial charge in [0.2, 0.25) is 0 Å². The van der Waals surface area contributed by atoms with Gasteiger partial charge >= 0.3 is 0 Å². The minimum atomic E-state index is 0. The molecule has 2 aliphatic heterocycles. The van der Waals surface area contributed by atoms with Crippen LogP contribution in [0.3, 0.4) is 0 Å². The van der Waals surface area contributed by atoms with Crippen LogP contribution in [0.5, 0.6) is 0 Å². The average Bonchev–Trinajstić information content (AvgIpc) is 3.02. The lowest BCUT2D eigenvalue weighted by atomic mass is 9.71. The van der Waals surface area contributed by atoms with Crippen molar-refractivity contribution in [2.75, 3.05) is 39.9 Å². The Bertz CT molecular complexity index is 535. The number of methoxy groups -OCH3 is 1. The second kappa shape index (κ2) is 7.20. The van der Waals surface area contributed by atoms with Crippen molar-refractivity contribution in [3.8, 4) is 0 Å². The number of ether oxygens (including phenoxy) is 1. The van der Waals surface area contributed by atoms with E-state index in [1.807, 2.05) is 24.9 Å². The number of carbonyl (C=O) groups is 1. The van der Waals surface area contributed by atoms with Crippen LogP contribution in [-0.4, -0.2) is 60.5 Å². The summed E-state index contributed by atoms with van der Waals surface area (Å²) in [7, 11) is 3.62. The molecule has 0 aliphatic carbocycles. The first-order chi connectivity index (χ1) is 10.6. The van der Waals surface area contributed by atoms with Crippen molar-refractivity contribution in [1.82, 2.24) is 20.0 Å². The second-order valence-electron chi connectivity index (χ2n) is 6.74. The molecule has 2 saturated heterocycles. The molecule has 2 aliphatic rings. The molecule has 1 N–H and O–H groups in total. The first-order valence-electron chi connectivity index (χ1n) is 8.05. The summed E-state index contributed by atoms with van der Waals surface area (Å²) in [4.78, 5) is 14.8. The van der Waals surface area contributed by atoms with Gasteiger partial charge in [-0.1, -0.05) is 0 Å². The first kappa shape index (κ1) is 18.2. The number of rotatable bonds is 3. The number of nitrogens with zero attached hydrogens (tertiary/aromatic N) is 3. The summed E-state index contributed by atoms with van der Waals surface area (Å²) in [6.07, 6.45) is 2.23. The lowest BCUT2D eigenvalue weighted by Gasteiger charge is -2.38. The lowest BCUT2D eigenvalue weighted by molar-refractivity contribution is 0.0700. The molecule has 23 heavy (non-hydrogen) atoms. The number of aromatic nitrogens is 2. The van der Waals surface area contributed by atoms with Gasteiger partial charge in [-0.05, 0) is 44.3 Å². The van der Waals surface area contributed by atoms with Crippen LogP contribution >= 0.6 is 12.4 Å². The monoisotopic (exact) mass is 342 g/mol. The summed E-state index contributed by atoms with van der Waals surface area (Å²) in [6.45, 7) is 6.37. The number of likely N-dealkylation sites (tertiary alicyclic amines) is 1. The zero-order chi connectivity index (χ0) is 15.7. The van der Waals surface area contributed by atoms with Crippen molar-refractivity contribution in [3.05, 3.63) is 17.5 Å². The molecule has 0 aromatic carbocycles. The van der Waals surface area contributed by atoms with Crippen molar-refractivity contribution in [1.29, 1.82) is 0 Å². The number of aryl methyl sites for hydroxylation is 2. The number of hydrogen-bond donors (Lipinski definition) is 1. The Morgan fingerprint density at radius 2 is 2.17 bits per heavy atom. The zero-order valence-electron chi connectivity index (χ0n) is 14.2. The Kier molecular flexibility index (Phi) is 5.70. The molecule has 3 rings (SSSR count). The lowest BCUT2D eigenvalue weighted by Crippen LogP contribution is -2.43. The molecule has 1 unspecified atom stereocenters. The molecule has 1 aromatic rings. The molecule has 1 spiro atoms. The summed E-state index contributed by atoms with van der Waals surface area (Å²) < 4.78 is 7.19. The topological polar surface area (TPSA) is 59.4 Å². The molecular weight excluding hydrogens is 316 g/mol. The molecule has 7 heteroatoms. The molecule has 2 fully saturated rings. The van der Waals surface area contributed by atoms with E-state index in [-0.39, 0.29) is 23.7 Å². The molecule has 0 saturated carbocycles. The predicted octanol–water partition coefficient (Wildman–Crippen LogP) is 1.24. The maximum absolute atomic E-state index is 12.8. The summed E-state index contributed by atoms with van der Waals surface area (Å²) in [5, 5.41) is 7.77. The minimum Gasteiger partial charge on any atom is -0.384 e. The molecule has 6 nitrogen and oxygen atoms in total. The van der Waals surface area contributed by atoms with Gasteiger partial charge < -0.3 is 15.0 Å². The highest BCUT2D eigenvalue weighted by atomic mass is 35.5. The van der Waals surface area contributed by atoms with E-state index in [0.717, 1.165) is 51.3 Å². The molecule has 1 aromatic heterocycles. The van der Waals surface area contributed by atoms with E-state index in [2.05, 4.69) is 10.4 Å².